The Morgan fingerprint density at radius 3 is 2.88 bits per heavy atom. The second-order valence-electron chi connectivity index (χ2n) is 10.8. The highest BCUT2D eigenvalue weighted by Crippen LogP contribution is 2.79. The lowest BCUT2D eigenvalue weighted by atomic mass is 9.32. The largest absolute Gasteiger partial charge is 0.388 e. The first-order valence-electron chi connectivity index (χ1n) is 10.9. The van der Waals surface area contributed by atoms with Crippen LogP contribution in [0.15, 0.2) is 12.2 Å². The first kappa shape index (κ1) is 15.5. The average Bonchev–Trinajstić information content (AvgIpc) is 3.14. The maximum absolute atomic E-state index is 11.4. The Bertz CT molecular complexity index is 710. The van der Waals surface area contributed by atoms with Gasteiger partial charge in [0.05, 0.1) is 18.8 Å². The number of nitrogens with zero attached hydrogens (tertiary/aromatic N) is 1. The van der Waals surface area contributed by atoms with Crippen LogP contribution in [0.25, 0.3) is 0 Å². The van der Waals surface area contributed by atoms with Gasteiger partial charge in [-0.15, -0.1) is 0 Å². The second-order valence-corrected chi connectivity index (χ2v) is 10.8. The van der Waals surface area contributed by atoms with E-state index < -0.39 is 0 Å². The zero-order valence-electron chi connectivity index (χ0n) is 15.8. The number of rotatable bonds is 0. The number of hydrogen-bond acceptors (Lipinski definition) is 4. The average molecular weight is 357 g/mol. The normalized spacial score (nSPS) is 65.2. The Kier molecular flexibility index (Phi) is 2.64. The lowest BCUT2D eigenvalue weighted by Crippen LogP contribution is -2.83. The van der Waals surface area contributed by atoms with Crippen LogP contribution in [0.4, 0.5) is 0 Å². The molecule has 2 spiro atoms. The minimum atomic E-state index is -0.345. The Morgan fingerprint density at radius 1 is 1.12 bits per heavy atom. The highest BCUT2D eigenvalue weighted by atomic mass is 16.6. The Morgan fingerprint density at radius 2 is 2.00 bits per heavy atom. The molecule has 5 aliphatic carbocycles. The van der Waals surface area contributed by atoms with E-state index in [2.05, 4.69) is 18.4 Å². The zero-order valence-corrected chi connectivity index (χ0v) is 15.8. The third kappa shape index (κ3) is 1.32. The lowest BCUT2D eigenvalue weighted by molar-refractivity contribution is -0.422. The van der Waals surface area contributed by atoms with Crippen molar-refractivity contribution in [3.05, 3.63) is 12.2 Å². The fourth-order valence-corrected chi connectivity index (χ4v) is 9.72. The van der Waals surface area contributed by atoms with Gasteiger partial charge >= 0.3 is 0 Å². The van der Waals surface area contributed by atoms with Crippen molar-refractivity contribution >= 4 is 0 Å². The molecule has 26 heavy (non-hydrogen) atoms. The van der Waals surface area contributed by atoms with Gasteiger partial charge in [-0.2, -0.15) is 0 Å². The zero-order chi connectivity index (χ0) is 17.5. The van der Waals surface area contributed by atoms with Gasteiger partial charge in [0.15, 0.2) is 0 Å². The minimum absolute atomic E-state index is 0.0511. The molecule has 9 fully saturated rings. The van der Waals surface area contributed by atoms with E-state index in [0.717, 1.165) is 31.6 Å². The molecular weight excluding hydrogens is 326 g/mol. The number of aliphatic hydroxyl groups is 1. The summed E-state index contributed by atoms with van der Waals surface area (Å²) in [6.45, 7) is 8.71. The lowest BCUT2D eigenvalue weighted by Gasteiger charge is -2.80. The van der Waals surface area contributed by atoms with Crippen molar-refractivity contribution in [2.24, 2.45) is 34.0 Å². The van der Waals surface area contributed by atoms with E-state index in [0.29, 0.717) is 17.8 Å². The SMILES string of the molecule is C=C1[C@H]2CC[C@@]3([C@H]4C[C@@H]5[C@@]6(C)CCC[C@@]5(C(O4)N4CCO[C@H]46)[C@@H]3C2)[C@H]1O. The molecule has 10 atom stereocenters. The standard InChI is InChI=1S/C22H31NO3/c1-12-13-4-7-22(17(12)24)15(10-13)21-6-3-5-20(2)14(21)11-16(22)26-19(21)23-8-9-25-18(20)23/h13-19,24H,1,3-11H2,2H3/t13-,14+,15-,16+,17-,18-,19?,20+,21-,22+/m0/s1. The third-order valence-electron chi connectivity index (χ3n) is 10.5. The fourth-order valence-electron chi connectivity index (χ4n) is 9.72. The van der Waals surface area contributed by atoms with Crippen LogP contribution in [-0.4, -0.2) is 47.8 Å². The minimum Gasteiger partial charge on any atom is -0.388 e. The first-order valence-corrected chi connectivity index (χ1v) is 10.9. The van der Waals surface area contributed by atoms with Crippen molar-refractivity contribution in [3.8, 4) is 0 Å². The summed E-state index contributed by atoms with van der Waals surface area (Å²) >= 11 is 0. The number of aliphatic hydroxyl groups excluding tert-OH is 1. The van der Waals surface area contributed by atoms with Gasteiger partial charge in [-0.25, -0.2) is 4.90 Å². The van der Waals surface area contributed by atoms with Crippen molar-refractivity contribution in [3.63, 3.8) is 0 Å². The predicted octanol–water partition coefficient (Wildman–Crippen LogP) is 2.91. The van der Waals surface area contributed by atoms with Crippen LogP contribution >= 0.6 is 0 Å². The molecule has 0 radical (unpaired) electrons. The van der Waals surface area contributed by atoms with Crippen LogP contribution < -0.4 is 0 Å². The predicted molar refractivity (Wildman–Crippen MR) is 96.0 cm³/mol. The molecule has 0 amide bonds. The Balaban J connectivity index is 1.45. The molecule has 142 valence electrons. The third-order valence-corrected chi connectivity index (χ3v) is 10.5. The number of piperidine rings is 1. The molecule has 4 heteroatoms. The topological polar surface area (TPSA) is 41.9 Å². The molecule has 0 aromatic rings. The van der Waals surface area contributed by atoms with Gasteiger partial charge < -0.3 is 14.6 Å². The van der Waals surface area contributed by atoms with E-state index in [1.54, 1.807) is 0 Å². The first-order chi connectivity index (χ1) is 12.5. The van der Waals surface area contributed by atoms with Crippen molar-refractivity contribution in [1.82, 2.24) is 4.90 Å². The quantitative estimate of drug-likeness (QED) is 0.677. The molecule has 9 rings (SSSR count). The monoisotopic (exact) mass is 357 g/mol. The maximum Gasteiger partial charge on any atom is 0.119 e. The molecule has 1 unspecified atom stereocenters. The maximum atomic E-state index is 11.4. The summed E-state index contributed by atoms with van der Waals surface area (Å²) < 4.78 is 13.2. The highest BCUT2D eigenvalue weighted by Gasteiger charge is 2.80. The van der Waals surface area contributed by atoms with Crippen LogP contribution in [0.2, 0.25) is 0 Å². The van der Waals surface area contributed by atoms with Crippen LogP contribution in [0.5, 0.6) is 0 Å². The molecule has 1 N–H and O–H groups in total. The Hall–Kier alpha value is -0.420. The van der Waals surface area contributed by atoms with Crippen molar-refractivity contribution < 1.29 is 14.6 Å². The molecular formula is C22H31NO3. The van der Waals surface area contributed by atoms with Gasteiger partial charge in [0.1, 0.15) is 12.5 Å². The van der Waals surface area contributed by atoms with E-state index in [-0.39, 0.29) is 40.9 Å². The van der Waals surface area contributed by atoms with E-state index in [9.17, 15) is 5.11 Å². The van der Waals surface area contributed by atoms with Crippen LogP contribution in [0, 0.1) is 34.0 Å². The van der Waals surface area contributed by atoms with E-state index in [1.165, 1.54) is 32.1 Å². The number of hydrogen-bond donors (Lipinski definition) is 1. The summed E-state index contributed by atoms with van der Waals surface area (Å²) in [5.74, 6) is 1.84. The fraction of sp³-hybridized carbons (Fsp3) is 0.909. The van der Waals surface area contributed by atoms with Crippen LogP contribution in [-0.2, 0) is 9.47 Å². The smallest absolute Gasteiger partial charge is 0.119 e. The highest BCUT2D eigenvalue weighted by molar-refractivity contribution is 5.32. The van der Waals surface area contributed by atoms with Gasteiger partial charge in [0, 0.05) is 22.8 Å². The molecule has 4 aliphatic heterocycles. The Labute approximate surface area is 155 Å². The summed E-state index contributed by atoms with van der Waals surface area (Å²) in [6, 6.07) is 0. The number of ether oxygens (including phenoxy) is 2. The molecule has 4 heterocycles. The molecule has 5 saturated carbocycles. The number of fused-ring (bicyclic) bond motifs is 4. The molecule has 4 nitrogen and oxygen atoms in total. The van der Waals surface area contributed by atoms with Crippen LogP contribution in [0.1, 0.15) is 51.9 Å². The summed E-state index contributed by atoms with van der Waals surface area (Å²) in [7, 11) is 0. The molecule has 9 aliphatic rings. The van der Waals surface area contributed by atoms with Gasteiger partial charge in [-0.3, -0.25) is 0 Å². The summed E-state index contributed by atoms with van der Waals surface area (Å²) in [6.07, 6.45) is 8.94. The molecule has 0 aromatic heterocycles. The summed E-state index contributed by atoms with van der Waals surface area (Å²) in [5, 5.41) is 11.4. The van der Waals surface area contributed by atoms with Crippen molar-refractivity contribution in [2.45, 2.75) is 76.5 Å². The second kappa shape index (κ2) is 4.42. The van der Waals surface area contributed by atoms with E-state index in [1.807, 2.05) is 0 Å². The summed E-state index contributed by atoms with van der Waals surface area (Å²) in [5.41, 5.74) is 1.55. The van der Waals surface area contributed by atoms with Crippen molar-refractivity contribution in [1.29, 1.82) is 0 Å². The summed E-state index contributed by atoms with van der Waals surface area (Å²) in [4.78, 5) is 2.60. The molecule has 4 saturated heterocycles. The van der Waals surface area contributed by atoms with Gasteiger partial charge in [-0.1, -0.05) is 19.9 Å². The van der Waals surface area contributed by atoms with Gasteiger partial charge in [-0.05, 0) is 61.9 Å². The van der Waals surface area contributed by atoms with Gasteiger partial charge in [0.25, 0.3) is 0 Å². The van der Waals surface area contributed by atoms with Crippen molar-refractivity contribution in [2.75, 3.05) is 13.2 Å². The van der Waals surface area contributed by atoms with Gasteiger partial charge in [0.2, 0.25) is 0 Å². The van der Waals surface area contributed by atoms with E-state index in [4.69, 9.17) is 9.47 Å². The molecule has 0 aromatic carbocycles. The molecule has 7 bridgehead atoms. The van der Waals surface area contributed by atoms with Crippen LogP contribution in [0.3, 0.4) is 0 Å². The van der Waals surface area contributed by atoms with E-state index >= 15 is 0 Å².